The van der Waals surface area contributed by atoms with Crippen molar-refractivity contribution in [2.45, 2.75) is 25.7 Å². The topological polar surface area (TPSA) is 44.5 Å². The molecule has 0 bridgehead atoms. The van der Waals surface area contributed by atoms with Gasteiger partial charge in [-0.1, -0.05) is 6.92 Å². The molecule has 2 N–H and O–H groups in total. The lowest BCUT2D eigenvalue weighted by atomic mass is 10.4. The van der Waals surface area contributed by atoms with Crippen LogP contribution in [0.5, 0.6) is 0 Å². The molecule has 3 nitrogen and oxygen atoms in total. The van der Waals surface area contributed by atoms with Crippen LogP contribution < -0.4 is 5.73 Å². The molecule has 1 rings (SSSR count). The van der Waals surface area contributed by atoms with E-state index in [1.54, 1.807) is 0 Å². The minimum atomic E-state index is -0.00134. The van der Waals surface area contributed by atoms with Crippen LogP contribution in [0.25, 0.3) is 0 Å². The van der Waals surface area contributed by atoms with E-state index in [0.29, 0.717) is 13.2 Å². The maximum atomic E-state index is 5.35. The molecule has 0 aliphatic carbocycles. The number of nitrogens with two attached hydrogens (primary N) is 1. The zero-order valence-electron chi connectivity index (χ0n) is 5.67. The van der Waals surface area contributed by atoms with Gasteiger partial charge in [-0.3, -0.25) is 0 Å². The quantitative estimate of drug-likeness (QED) is 0.578. The van der Waals surface area contributed by atoms with Crippen molar-refractivity contribution in [3.05, 3.63) is 0 Å². The molecule has 0 aromatic carbocycles. The smallest absolute Gasteiger partial charge is 0.158 e. The molecular weight excluding hydrogens is 118 g/mol. The summed E-state index contributed by atoms with van der Waals surface area (Å²) in [5, 5.41) is 0. The molecule has 1 aliphatic heterocycles. The van der Waals surface area contributed by atoms with Crippen molar-refractivity contribution in [3.8, 4) is 0 Å². The molecule has 0 aromatic rings. The van der Waals surface area contributed by atoms with E-state index in [1.165, 1.54) is 0 Å². The van der Waals surface area contributed by atoms with Crippen LogP contribution in [-0.4, -0.2) is 25.5 Å². The highest BCUT2D eigenvalue weighted by Crippen LogP contribution is 2.12. The highest BCUT2D eigenvalue weighted by molar-refractivity contribution is 4.64. The average Bonchev–Trinajstić information content (AvgIpc) is 2.34. The molecule has 0 radical (unpaired) electrons. The summed E-state index contributed by atoms with van der Waals surface area (Å²) in [5.41, 5.74) is 5.35. The van der Waals surface area contributed by atoms with Crippen molar-refractivity contribution in [1.82, 2.24) is 0 Å². The molecule has 9 heavy (non-hydrogen) atoms. The SMILES string of the molecule is CCC1OCC(CN)O1. The Bertz CT molecular complexity index is 77.1. The van der Waals surface area contributed by atoms with Crippen LogP contribution in [0, 0.1) is 0 Å². The Hall–Kier alpha value is -0.120. The molecule has 1 saturated heterocycles. The number of hydrogen-bond acceptors (Lipinski definition) is 3. The Morgan fingerprint density at radius 2 is 2.44 bits per heavy atom. The van der Waals surface area contributed by atoms with Crippen LogP contribution in [0.1, 0.15) is 13.3 Å². The summed E-state index contributed by atoms with van der Waals surface area (Å²) in [6.07, 6.45) is 1.05. The monoisotopic (exact) mass is 131 g/mol. The molecule has 0 amide bonds. The zero-order chi connectivity index (χ0) is 6.69. The first-order valence-corrected chi connectivity index (χ1v) is 3.34. The van der Waals surface area contributed by atoms with Crippen molar-refractivity contribution in [2.24, 2.45) is 5.73 Å². The minimum Gasteiger partial charge on any atom is -0.350 e. The Kier molecular flexibility index (Phi) is 2.45. The normalized spacial score (nSPS) is 35.3. The number of ether oxygens (including phenoxy) is 2. The van der Waals surface area contributed by atoms with Gasteiger partial charge in [-0.25, -0.2) is 0 Å². The molecule has 1 heterocycles. The fraction of sp³-hybridized carbons (Fsp3) is 1.00. The molecule has 2 unspecified atom stereocenters. The van der Waals surface area contributed by atoms with Crippen LogP contribution in [0.3, 0.4) is 0 Å². The minimum absolute atomic E-state index is 0.00134. The van der Waals surface area contributed by atoms with Crippen LogP contribution in [-0.2, 0) is 9.47 Å². The third kappa shape index (κ3) is 1.64. The standard InChI is InChI=1S/C6H13NO2/c1-2-6-8-4-5(3-7)9-6/h5-6H,2-4,7H2,1H3. The average molecular weight is 131 g/mol. The third-order valence-corrected chi connectivity index (χ3v) is 1.41. The van der Waals surface area contributed by atoms with Crippen LogP contribution in [0.4, 0.5) is 0 Å². The maximum Gasteiger partial charge on any atom is 0.158 e. The van der Waals surface area contributed by atoms with Gasteiger partial charge in [0.05, 0.1) is 12.7 Å². The lowest BCUT2D eigenvalue weighted by Gasteiger charge is -2.05. The third-order valence-electron chi connectivity index (χ3n) is 1.41. The van der Waals surface area contributed by atoms with E-state index in [2.05, 4.69) is 0 Å². The molecule has 0 spiro atoms. The molecule has 1 fully saturated rings. The first-order valence-electron chi connectivity index (χ1n) is 3.34. The van der Waals surface area contributed by atoms with Gasteiger partial charge in [0.2, 0.25) is 0 Å². The molecule has 0 aromatic heterocycles. The summed E-state index contributed by atoms with van der Waals surface area (Å²) in [4.78, 5) is 0. The maximum absolute atomic E-state index is 5.35. The Balaban J connectivity index is 2.20. The summed E-state index contributed by atoms with van der Waals surface area (Å²) in [7, 11) is 0. The van der Waals surface area contributed by atoms with Gasteiger partial charge in [0.25, 0.3) is 0 Å². The Labute approximate surface area is 55.1 Å². The van der Waals surface area contributed by atoms with Gasteiger partial charge in [-0.15, -0.1) is 0 Å². The van der Waals surface area contributed by atoms with E-state index < -0.39 is 0 Å². The number of rotatable bonds is 2. The van der Waals surface area contributed by atoms with E-state index in [9.17, 15) is 0 Å². The summed E-state index contributed by atoms with van der Waals surface area (Å²) < 4.78 is 10.5. The van der Waals surface area contributed by atoms with Gasteiger partial charge in [0, 0.05) is 6.54 Å². The first kappa shape index (κ1) is 6.99. The van der Waals surface area contributed by atoms with E-state index in [1.807, 2.05) is 6.92 Å². The highest BCUT2D eigenvalue weighted by atomic mass is 16.7. The Morgan fingerprint density at radius 1 is 1.67 bits per heavy atom. The molecule has 54 valence electrons. The van der Waals surface area contributed by atoms with Crippen LogP contribution in [0.15, 0.2) is 0 Å². The predicted octanol–water partition coefficient (Wildman–Crippen LogP) is 0.0966. The van der Waals surface area contributed by atoms with Gasteiger partial charge in [-0.2, -0.15) is 0 Å². The van der Waals surface area contributed by atoms with E-state index in [-0.39, 0.29) is 12.4 Å². The second-order valence-corrected chi connectivity index (χ2v) is 2.16. The zero-order valence-corrected chi connectivity index (χ0v) is 5.67. The van der Waals surface area contributed by atoms with Crippen molar-refractivity contribution in [3.63, 3.8) is 0 Å². The van der Waals surface area contributed by atoms with E-state index in [4.69, 9.17) is 15.2 Å². The summed E-state index contributed by atoms with van der Waals surface area (Å²) in [6, 6.07) is 0. The van der Waals surface area contributed by atoms with Crippen molar-refractivity contribution < 1.29 is 9.47 Å². The second kappa shape index (κ2) is 3.15. The summed E-state index contributed by atoms with van der Waals surface area (Å²) in [6.45, 7) is 3.26. The fourth-order valence-corrected chi connectivity index (χ4v) is 0.846. The van der Waals surface area contributed by atoms with E-state index in [0.717, 1.165) is 6.42 Å². The van der Waals surface area contributed by atoms with E-state index >= 15 is 0 Å². The molecule has 1 aliphatic rings. The molecule has 2 atom stereocenters. The van der Waals surface area contributed by atoms with Crippen molar-refractivity contribution >= 4 is 0 Å². The van der Waals surface area contributed by atoms with Crippen molar-refractivity contribution in [1.29, 1.82) is 0 Å². The predicted molar refractivity (Wildman–Crippen MR) is 34.0 cm³/mol. The molecule has 0 saturated carbocycles. The molecular formula is C6H13NO2. The van der Waals surface area contributed by atoms with Gasteiger partial charge >= 0.3 is 0 Å². The lowest BCUT2D eigenvalue weighted by Crippen LogP contribution is -2.22. The van der Waals surface area contributed by atoms with Crippen LogP contribution in [0.2, 0.25) is 0 Å². The second-order valence-electron chi connectivity index (χ2n) is 2.16. The fourth-order valence-electron chi connectivity index (χ4n) is 0.846. The number of hydrogen-bond donors (Lipinski definition) is 1. The summed E-state index contributed by atoms with van der Waals surface area (Å²) >= 11 is 0. The largest absolute Gasteiger partial charge is 0.350 e. The molecule has 3 heteroatoms. The lowest BCUT2D eigenvalue weighted by molar-refractivity contribution is -0.0570. The van der Waals surface area contributed by atoms with Crippen LogP contribution >= 0.6 is 0 Å². The van der Waals surface area contributed by atoms with Gasteiger partial charge in [0.15, 0.2) is 6.29 Å². The Morgan fingerprint density at radius 3 is 2.78 bits per heavy atom. The highest BCUT2D eigenvalue weighted by Gasteiger charge is 2.22. The summed E-state index contributed by atoms with van der Waals surface area (Å²) in [5.74, 6) is 0. The first-order chi connectivity index (χ1) is 4.36. The van der Waals surface area contributed by atoms with Crippen molar-refractivity contribution in [2.75, 3.05) is 13.2 Å². The van der Waals surface area contributed by atoms with Gasteiger partial charge < -0.3 is 15.2 Å². The van der Waals surface area contributed by atoms with Gasteiger partial charge in [0.1, 0.15) is 0 Å². The van der Waals surface area contributed by atoms with Gasteiger partial charge in [-0.05, 0) is 6.42 Å².